The Kier molecular flexibility index (Phi) is 6.36. The summed E-state index contributed by atoms with van der Waals surface area (Å²) in [5, 5.41) is 12.2. The number of rotatable bonds is 7. The first-order valence-corrected chi connectivity index (χ1v) is 6.91. The highest BCUT2D eigenvalue weighted by Crippen LogP contribution is 2.17. The second-order valence-corrected chi connectivity index (χ2v) is 5.29. The Balaban J connectivity index is 2.21. The first-order chi connectivity index (χ1) is 8.54. The number of aliphatic carboxylic acids is 1. The molecular weight excluding hydrogens is 228 g/mol. The van der Waals surface area contributed by atoms with E-state index in [0.29, 0.717) is 30.5 Å². The van der Waals surface area contributed by atoms with Gasteiger partial charge in [0, 0.05) is 24.7 Å². The third kappa shape index (κ3) is 4.78. The zero-order chi connectivity index (χ0) is 13.5. The van der Waals surface area contributed by atoms with Crippen LogP contribution in [-0.2, 0) is 4.79 Å². The summed E-state index contributed by atoms with van der Waals surface area (Å²) in [7, 11) is 0. The lowest BCUT2D eigenvalue weighted by Gasteiger charge is -2.20. The fourth-order valence-electron chi connectivity index (χ4n) is 2.36. The molecule has 104 valence electrons. The van der Waals surface area contributed by atoms with E-state index in [-0.39, 0.29) is 0 Å². The van der Waals surface area contributed by atoms with Crippen molar-refractivity contribution in [2.24, 2.45) is 5.92 Å². The zero-order valence-corrected chi connectivity index (χ0v) is 11.8. The van der Waals surface area contributed by atoms with Crippen LogP contribution < -0.4 is 5.32 Å². The van der Waals surface area contributed by atoms with E-state index in [1.54, 1.807) is 6.08 Å². The zero-order valence-electron chi connectivity index (χ0n) is 11.8. The van der Waals surface area contributed by atoms with Crippen LogP contribution in [0.4, 0.5) is 0 Å². The van der Waals surface area contributed by atoms with Crippen molar-refractivity contribution in [1.82, 2.24) is 10.2 Å². The fraction of sp³-hybridized carbons (Fsp3) is 0.786. The Bertz CT molecular complexity index is 300. The number of hydrogen-bond acceptors (Lipinski definition) is 3. The highest BCUT2D eigenvalue weighted by atomic mass is 16.4. The van der Waals surface area contributed by atoms with Gasteiger partial charge in [0.15, 0.2) is 0 Å². The van der Waals surface area contributed by atoms with Crippen LogP contribution in [0.5, 0.6) is 0 Å². The van der Waals surface area contributed by atoms with Gasteiger partial charge in [-0.3, -0.25) is 0 Å². The number of hydrogen-bond donors (Lipinski definition) is 2. The molecule has 0 radical (unpaired) electrons. The predicted octanol–water partition coefficient (Wildman–Crippen LogP) is 1.73. The molecule has 1 aliphatic rings. The summed E-state index contributed by atoms with van der Waals surface area (Å²) < 4.78 is 0. The van der Waals surface area contributed by atoms with Crippen molar-refractivity contribution in [2.45, 2.75) is 39.7 Å². The number of carboxylic acids is 1. The van der Waals surface area contributed by atoms with Gasteiger partial charge in [-0.2, -0.15) is 0 Å². The molecule has 1 fully saturated rings. The number of likely N-dealkylation sites (tertiary alicyclic amines) is 1. The lowest BCUT2D eigenvalue weighted by Crippen LogP contribution is -2.30. The van der Waals surface area contributed by atoms with E-state index in [1.807, 2.05) is 6.92 Å². The summed E-state index contributed by atoms with van der Waals surface area (Å²) in [5.74, 6) is -0.0955. The lowest BCUT2D eigenvalue weighted by molar-refractivity contribution is -0.132. The Morgan fingerprint density at radius 1 is 1.56 bits per heavy atom. The monoisotopic (exact) mass is 254 g/mol. The minimum Gasteiger partial charge on any atom is -0.478 e. The minimum atomic E-state index is -0.800. The number of carbonyl (C=O) groups is 1. The highest BCUT2D eigenvalue weighted by molar-refractivity contribution is 5.86. The largest absolute Gasteiger partial charge is 0.478 e. The van der Waals surface area contributed by atoms with E-state index in [0.717, 1.165) is 13.1 Å². The minimum absolute atomic E-state index is 0.498. The van der Waals surface area contributed by atoms with Crippen LogP contribution in [0.3, 0.4) is 0 Å². The van der Waals surface area contributed by atoms with Crippen molar-refractivity contribution in [1.29, 1.82) is 0 Å². The molecule has 18 heavy (non-hydrogen) atoms. The molecule has 4 heteroatoms. The third-order valence-corrected chi connectivity index (χ3v) is 3.63. The summed E-state index contributed by atoms with van der Waals surface area (Å²) in [6.07, 6.45) is 3.62. The van der Waals surface area contributed by atoms with Gasteiger partial charge in [-0.1, -0.05) is 13.0 Å². The predicted molar refractivity (Wildman–Crippen MR) is 73.7 cm³/mol. The molecule has 0 saturated carbocycles. The maximum atomic E-state index is 10.8. The number of nitrogens with one attached hydrogen (secondary N) is 1. The van der Waals surface area contributed by atoms with Crippen LogP contribution in [0.15, 0.2) is 11.6 Å². The molecule has 0 aliphatic carbocycles. The van der Waals surface area contributed by atoms with Crippen molar-refractivity contribution >= 4 is 5.97 Å². The van der Waals surface area contributed by atoms with E-state index in [9.17, 15) is 4.79 Å². The second kappa shape index (κ2) is 7.54. The molecule has 4 nitrogen and oxygen atoms in total. The first-order valence-electron chi connectivity index (χ1n) is 6.91. The molecule has 0 bridgehead atoms. The van der Waals surface area contributed by atoms with Crippen molar-refractivity contribution in [3.8, 4) is 0 Å². The van der Waals surface area contributed by atoms with Gasteiger partial charge in [-0.15, -0.1) is 0 Å². The fourth-order valence-corrected chi connectivity index (χ4v) is 2.36. The molecule has 0 aromatic carbocycles. The van der Waals surface area contributed by atoms with Gasteiger partial charge in [0.05, 0.1) is 0 Å². The molecule has 0 aromatic heterocycles. The molecule has 1 heterocycles. The topological polar surface area (TPSA) is 52.6 Å². The standard InChI is InChI=1S/C14H26N2O2/c1-4-13(14(17)18)5-7-15-9-12-6-8-16(10-12)11(2)3/h5,11-12,15H,4,6-10H2,1-3H3,(H,17,18). The maximum Gasteiger partial charge on any atom is 0.331 e. The summed E-state index contributed by atoms with van der Waals surface area (Å²) in [6, 6.07) is 0.633. The Hall–Kier alpha value is -0.870. The highest BCUT2D eigenvalue weighted by Gasteiger charge is 2.23. The SMILES string of the molecule is CCC(=CCNCC1CCN(C(C)C)C1)C(=O)O. The summed E-state index contributed by atoms with van der Waals surface area (Å²) in [4.78, 5) is 13.3. The maximum absolute atomic E-state index is 10.8. The summed E-state index contributed by atoms with van der Waals surface area (Å²) in [5.41, 5.74) is 0.498. The normalized spacial score (nSPS) is 21.8. The average molecular weight is 254 g/mol. The summed E-state index contributed by atoms with van der Waals surface area (Å²) >= 11 is 0. The molecule has 1 rings (SSSR count). The van der Waals surface area contributed by atoms with Crippen molar-refractivity contribution in [3.63, 3.8) is 0 Å². The van der Waals surface area contributed by atoms with Crippen LogP contribution in [-0.4, -0.2) is 48.2 Å². The van der Waals surface area contributed by atoms with Crippen molar-refractivity contribution in [3.05, 3.63) is 11.6 Å². The van der Waals surface area contributed by atoms with Gasteiger partial charge < -0.3 is 15.3 Å². The van der Waals surface area contributed by atoms with Crippen molar-refractivity contribution in [2.75, 3.05) is 26.2 Å². The second-order valence-electron chi connectivity index (χ2n) is 5.29. The van der Waals surface area contributed by atoms with Gasteiger partial charge in [0.1, 0.15) is 0 Å². The van der Waals surface area contributed by atoms with E-state index in [2.05, 4.69) is 24.1 Å². The van der Waals surface area contributed by atoms with Gasteiger partial charge in [0.25, 0.3) is 0 Å². The lowest BCUT2D eigenvalue weighted by atomic mass is 10.1. The van der Waals surface area contributed by atoms with Crippen LogP contribution in [0.1, 0.15) is 33.6 Å². The van der Waals surface area contributed by atoms with Crippen LogP contribution in [0.25, 0.3) is 0 Å². The van der Waals surface area contributed by atoms with Crippen LogP contribution >= 0.6 is 0 Å². The molecule has 1 saturated heterocycles. The Morgan fingerprint density at radius 3 is 2.78 bits per heavy atom. The van der Waals surface area contributed by atoms with Gasteiger partial charge in [0.2, 0.25) is 0 Å². The molecule has 0 amide bonds. The molecule has 1 aliphatic heterocycles. The first kappa shape index (κ1) is 15.2. The molecule has 1 unspecified atom stereocenters. The van der Waals surface area contributed by atoms with E-state index in [4.69, 9.17) is 5.11 Å². The molecule has 1 atom stereocenters. The van der Waals surface area contributed by atoms with Crippen LogP contribution in [0, 0.1) is 5.92 Å². The number of carboxylic acid groups (broad SMARTS) is 1. The third-order valence-electron chi connectivity index (χ3n) is 3.63. The average Bonchev–Trinajstić information content (AvgIpc) is 2.77. The van der Waals surface area contributed by atoms with Gasteiger partial charge >= 0.3 is 5.97 Å². The van der Waals surface area contributed by atoms with E-state index in [1.165, 1.54) is 13.0 Å². The Labute approximate surface area is 110 Å². The van der Waals surface area contributed by atoms with E-state index >= 15 is 0 Å². The molecular formula is C14H26N2O2. The van der Waals surface area contributed by atoms with Gasteiger partial charge in [-0.25, -0.2) is 4.79 Å². The van der Waals surface area contributed by atoms with Crippen molar-refractivity contribution < 1.29 is 9.90 Å². The Morgan fingerprint density at radius 2 is 2.28 bits per heavy atom. The van der Waals surface area contributed by atoms with Gasteiger partial charge in [-0.05, 0) is 45.7 Å². The van der Waals surface area contributed by atoms with E-state index < -0.39 is 5.97 Å². The smallest absolute Gasteiger partial charge is 0.331 e. The van der Waals surface area contributed by atoms with Crippen LogP contribution in [0.2, 0.25) is 0 Å². The molecule has 0 spiro atoms. The molecule has 0 aromatic rings. The number of nitrogens with zero attached hydrogens (tertiary/aromatic N) is 1. The molecule has 2 N–H and O–H groups in total. The quantitative estimate of drug-likeness (QED) is 0.536. The summed E-state index contributed by atoms with van der Waals surface area (Å²) in [6.45, 7) is 10.3.